The lowest BCUT2D eigenvalue weighted by Crippen LogP contribution is -2.32. The number of carbonyl (C=O) groups is 1. The Hall–Kier alpha value is -1.84. The van der Waals surface area contributed by atoms with Crippen molar-refractivity contribution in [3.63, 3.8) is 0 Å². The van der Waals surface area contributed by atoms with Gasteiger partial charge in [-0.2, -0.15) is 0 Å². The van der Waals surface area contributed by atoms with Crippen LogP contribution < -0.4 is 5.73 Å². The van der Waals surface area contributed by atoms with Crippen LogP contribution in [0.15, 0.2) is 54.6 Å². The molecule has 1 aliphatic rings. The Kier molecular flexibility index (Phi) is 4.99. The summed E-state index contributed by atoms with van der Waals surface area (Å²) in [6.45, 7) is 1.33. The summed E-state index contributed by atoms with van der Waals surface area (Å²) in [5.41, 5.74) is 8.48. The molecule has 0 aromatic heterocycles. The average molecular weight is 329 g/mol. The van der Waals surface area contributed by atoms with Crippen LogP contribution in [0.4, 0.5) is 0 Å². The fourth-order valence-corrected chi connectivity index (χ4v) is 3.42. The lowest BCUT2D eigenvalue weighted by Gasteiger charge is -2.16. The van der Waals surface area contributed by atoms with Gasteiger partial charge < -0.3 is 10.6 Å². The predicted octanol–water partition coefficient (Wildman–Crippen LogP) is 3.23. The van der Waals surface area contributed by atoms with E-state index in [1.165, 1.54) is 5.56 Å². The third-order valence-electron chi connectivity index (χ3n) is 4.51. The minimum atomic E-state index is 0.00154. The summed E-state index contributed by atoms with van der Waals surface area (Å²) < 4.78 is 0. The van der Waals surface area contributed by atoms with Crippen LogP contribution in [0.25, 0.3) is 0 Å². The molecular weight excluding hydrogens is 308 g/mol. The zero-order valence-corrected chi connectivity index (χ0v) is 13.7. The van der Waals surface area contributed by atoms with Gasteiger partial charge in [-0.25, -0.2) is 0 Å². The predicted molar refractivity (Wildman–Crippen MR) is 93.5 cm³/mol. The molecule has 1 heterocycles. The number of aryl methyl sites for hydroxylation is 1. The van der Waals surface area contributed by atoms with Crippen LogP contribution >= 0.6 is 11.6 Å². The Morgan fingerprint density at radius 2 is 1.78 bits per heavy atom. The number of hydrogen-bond donors (Lipinski definition) is 1. The van der Waals surface area contributed by atoms with Gasteiger partial charge in [-0.15, -0.1) is 0 Å². The number of rotatable bonds is 4. The molecule has 2 N–H and O–H groups in total. The van der Waals surface area contributed by atoms with Crippen molar-refractivity contribution in [1.82, 2.24) is 4.90 Å². The van der Waals surface area contributed by atoms with E-state index in [0.717, 1.165) is 10.6 Å². The van der Waals surface area contributed by atoms with E-state index in [-0.39, 0.29) is 17.9 Å². The molecule has 0 spiro atoms. The summed E-state index contributed by atoms with van der Waals surface area (Å²) in [4.78, 5) is 14.4. The fourth-order valence-electron chi connectivity index (χ4n) is 3.19. The van der Waals surface area contributed by atoms with Crippen molar-refractivity contribution in [3.8, 4) is 0 Å². The second-order valence-electron chi connectivity index (χ2n) is 6.07. The molecule has 0 saturated carbocycles. The third-order valence-corrected chi connectivity index (χ3v) is 4.88. The van der Waals surface area contributed by atoms with Gasteiger partial charge in [0.15, 0.2) is 0 Å². The minimum absolute atomic E-state index is 0.00154. The molecule has 1 fully saturated rings. The standard InChI is InChI=1S/C19H21ClN2O/c20-17-9-5-4-8-15(17)10-11-19(23)22-12-16(18(21)13-22)14-6-2-1-3-7-14/h1-9,16,18H,10-13,21H2/t16-,18+/m0/s1. The summed E-state index contributed by atoms with van der Waals surface area (Å²) in [5, 5.41) is 0.723. The Morgan fingerprint density at radius 1 is 1.09 bits per heavy atom. The van der Waals surface area contributed by atoms with Crippen LogP contribution in [0, 0.1) is 0 Å². The zero-order valence-electron chi connectivity index (χ0n) is 13.0. The van der Waals surface area contributed by atoms with Crippen molar-refractivity contribution in [2.75, 3.05) is 13.1 Å². The molecule has 1 amide bonds. The molecule has 1 aliphatic heterocycles. The molecule has 3 nitrogen and oxygen atoms in total. The number of benzene rings is 2. The van der Waals surface area contributed by atoms with Gasteiger partial charge in [-0.3, -0.25) is 4.79 Å². The highest BCUT2D eigenvalue weighted by Gasteiger charge is 2.33. The molecule has 2 aromatic carbocycles. The monoisotopic (exact) mass is 328 g/mol. The molecule has 0 radical (unpaired) electrons. The topological polar surface area (TPSA) is 46.3 Å². The molecule has 0 bridgehead atoms. The Balaban J connectivity index is 1.60. The molecule has 4 heteroatoms. The van der Waals surface area contributed by atoms with Gasteiger partial charge in [-0.05, 0) is 23.6 Å². The van der Waals surface area contributed by atoms with E-state index in [9.17, 15) is 4.79 Å². The lowest BCUT2D eigenvalue weighted by atomic mass is 9.95. The molecule has 120 valence electrons. The smallest absolute Gasteiger partial charge is 0.222 e. The number of nitrogens with zero attached hydrogens (tertiary/aromatic N) is 1. The largest absolute Gasteiger partial charge is 0.340 e. The van der Waals surface area contributed by atoms with Crippen molar-refractivity contribution in [3.05, 3.63) is 70.7 Å². The summed E-state index contributed by atoms with van der Waals surface area (Å²) in [6.07, 6.45) is 1.14. The van der Waals surface area contributed by atoms with Gasteiger partial charge in [0.25, 0.3) is 0 Å². The van der Waals surface area contributed by atoms with Crippen LogP contribution in [0.3, 0.4) is 0 Å². The molecule has 23 heavy (non-hydrogen) atoms. The highest BCUT2D eigenvalue weighted by atomic mass is 35.5. The van der Waals surface area contributed by atoms with Gasteiger partial charge in [0.1, 0.15) is 0 Å². The van der Waals surface area contributed by atoms with Crippen LogP contribution in [-0.2, 0) is 11.2 Å². The van der Waals surface area contributed by atoms with E-state index in [2.05, 4.69) is 12.1 Å². The van der Waals surface area contributed by atoms with Crippen molar-refractivity contribution < 1.29 is 4.79 Å². The Bertz CT molecular complexity index is 674. The third kappa shape index (κ3) is 3.74. The van der Waals surface area contributed by atoms with E-state index >= 15 is 0 Å². The van der Waals surface area contributed by atoms with E-state index in [1.54, 1.807) is 0 Å². The van der Waals surface area contributed by atoms with Crippen molar-refractivity contribution >= 4 is 17.5 Å². The first kappa shape index (κ1) is 16.0. The molecule has 0 aliphatic carbocycles. The quantitative estimate of drug-likeness (QED) is 0.936. The summed E-state index contributed by atoms with van der Waals surface area (Å²) in [7, 11) is 0. The number of halogens is 1. The van der Waals surface area contributed by atoms with E-state index in [0.29, 0.717) is 25.9 Å². The molecule has 2 aromatic rings. The van der Waals surface area contributed by atoms with E-state index < -0.39 is 0 Å². The molecule has 2 atom stereocenters. The van der Waals surface area contributed by atoms with Crippen LogP contribution in [0.1, 0.15) is 23.5 Å². The van der Waals surface area contributed by atoms with Gasteiger partial charge >= 0.3 is 0 Å². The second kappa shape index (κ2) is 7.16. The number of nitrogens with two attached hydrogens (primary N) is 1. The molecule has 1 saturated heterocycles. The maximum Gasteiger partial charge on any atom is 0.222 e. The summed E-state index contributed by atoms with van der Waals surface area (Å²) >= 11 is 6.15. The number of likely N-dealkylation sites (tertiary alicyclic amines) is 1. The number of amides is 1. The van der Waals surface area contributed by atoms with Gasteiger partial charge in [0, 0.05) is 36.5 Å². The number of hydrogen-bond acceptors (Lipinski definition) is 2. The van der Waals surface area contributed by atoms with Crippen molar-refractivity contribution in [2.45, 2.75) is 24.8 Å². The highest BCUT2D eigenvalue weighted by molar-refractivity contribution is 6.31. The highest BCUT2D eigenvalue weighted by Crippen LogP contribution is 2.27. The fraction of sp³-hybridized carbons (Fsp3) is 0.316. The maximum absolute atomic E-state index is 12.5. The minimum Gasteiger partial charge on any atom is -0.340 e. The van der Waals surface area contributed by atoms with Crippen molar-refractivity contribution in [2.24, 2.45) is 5.73 Å². The first-order chi connectivity index (χ1) is 11.1. The zero-order chi connectivity index (χ0) is 16.2. The van der Waals surface area contributed by atoms with E-state index in [4.69, 9.17) is 17.3 Å². The van der Waals surface area contributed by atoms with E-state index in [1.807, 2.05) is 47.4 Å². The summed E-state index contributed by atoms with van der Waals surface area (Å²) in [5.74, 6) is 0.374. The van der Waals surface area contributed by atoms with Gasteiger partial charge in [0.2, 0.25) is 5.91 Å². The first-order valence-corrected chi connectivity index (χ1v) is 8.34. The first-order valence-electron chi connectivity index (χ1n) is 7.97. The maximum atomic E-state index is 12.5. The van der Waals surface area contributed by atoms with Crippen LogP contribution in [0.2, 0.25) is 5.02 Å². The normalized spacial score (nSPS) is 20.7. The summed E-state index contributed by atoms with van der Waals surface area (Å²) in [6, 6.07) is 17.9. The Labute approximate surface area is 142 Å². The average Bonchev–Trinajstić information content (AvgIpc) is 2.96. The van der Waals surface area contributed by atoms with Crippen LogP contribution in [0.5, 0.6) is 0 Å². The second-order valence-corrected chi connectivity index (χ2v) is 6.48. The van der Waals surface area contributed by atoms with Gasteiger partial charge in [0.05, 0.1) is 0 Å². The van der Waals surface area contributed by atoms with Crippen LogP contribution in [-0.4, -0.2) is 29.9 Å². The lowest BCUT2D eigenvalue weighted by molar-refractivity contribution is -0.130. The molecule has 3 rings (SSSR count). The Morgan fingerprint density at radius 3 is 2.52 bits per heavy atom. The SMILES string of the molecule is N[C@@H]1CN(C(=O)CCc2ccccc2Cl)C[C@H]1c1ccccc1. The molecular formula is C19H21ClN2O. The number of carbonyl (C=O) groups excluding carboxylic acids is 1. The molecule has 0 unspecified atom stereocenters. The van der Waals surface area contributed by atoms with Gasteiger partial charge in [-0.1, -0.05) is 60.1 Å². The van der Waals surface area contributed by atoms with Crippen molar-refractivity contribution in [1.29, 1.82) is 0 Å².